The summed E-state index contributed by atoms with van der Waals surface area (Å²) < 4.78 is 6.93. The van der Waals surface area contributed by atoms with Crippen molar-refractivity contribution in [3.05, 3.63) is 11.6 Å². The van der Waals surface area contributed by atoms with Gasteiger partial charge in [0.15, 0.2) is 0 Å². The number of nitrogens with one attached hydrogen (secondary N) is 1. The lowest BCUT2D eigenvalue weighted by molar-refractivity contribution is -0.110. The Morgan fingerprint density at radius 1 is 1.07 bits per heavy atom. The number of ether oxygens (including phenoxy) is 1. The van der Waals surface area contributed by atoms with Gasteiger partial charge in [0.25, 0.3) is 0 Å². The standard InChI is InChI=1S/C26H41NO2/c1-15-8-11-26(27-14-15)16(2)24-20-6-7-22-19(21(20)13-23(24)29-26)5-4-17-12-18(28)9-10-25(17,22)3/h4,15-16,18-24,27-28H,5-14H2,1-3H3. The molecule has 0 aromatic rings. The van der Waals surface area contributed by atoms with Gasteiger partial charge in [-0.1, -0.05) is 32.4 Å². The first-order valence-electron chi connectivity index (χ1n) is 12.7. The first-order valence-corrected chi connectivity index (χ1v) is 12.7. The second-order valence-corrected chi connectivity index (χ2v) is 12.1. The molecule has 2 N–H and O–H groups in total. The van der Waals surface area contributed by atoms with Crippen molar-refractivity contribution >= 4 is 0 Å². The molecular formula is C26H41NO2. The van der Waals surface area contributed by atoms with E-state index in [-0.39, 0.29) is 11.8 Å². The van der Waals surface area contributed by atoms with Crippen molar-refractivity contribution in [3.63, 3.8) is 0 Å². The van der Waals surface area contributed by atoms with E-state index < -0.39 is 0 Å². The minimum Gasteiger partial charge on any atom is -0.393 e. The van der Waals surface area contributed by atoms with Gasteiger partial charge in [-0.05, 0) is 98.7 Å². The molecule has 0 radical (unpaired) electrons. The second-order valence-electron chi connectivity index (χ2n) is 12.1. The number of aliphatic hydroxyl groups is 1. The average Bonchev–Trinajstić information content (AvgIpc) is 3.19. The third kappa shape index (κ3) is 2.66. The van der Waals surface area contributed by atoms with Gasteiger partial charge in [-0.3, -0.25) is 5.32 Å². The molecule has 6 aliphatic rings. The van der Waals surface area contributed by atoms with Crippen molar-refractivity contribution in [2.75, 3.05) is 6.54 Å². The molecule has 162 valence electrons. The molecule has 5 fully saturated rings. The second kappa shape index (κ2) is 6.56. The normalized spacial score (nSPS) is 58.9. The van der Waals surface area contributed by atoms with Crippen LogP contribution in [0.25, 0.3) is 0 Å². The van der Waals surface area contributed by atoms with Crippen LogP contribution >= 0.6 is 0 Å². The Morgan fingerprint density at radius 2 is 1.93 bits per heavy atom. The molecule has 2 saturated heterocycles. The molecule has 3 saturated carbocycles. The van der Waals surface area contributed by atoms with Gasteiger partial charge in [-0.2, -0.15) is 0 Å². The maximum atomic E-state index is 10.2. The van der Waals surface area contributed by atoms with Crippen LogP contribution in [0, 0.1) is 46.8 Å². The van der Waals surface area contributed by atoms with Gasteiger partial charge >= 0.3 is 0 Å². The van der Waals surface area contributed by atoms with Gasteiger partial charge in [0.2, 0.25) is 0 Å². The Balaban J connectivity index is 1.24. The van der Waals surface area contributed by atoms with E-state index in [9.17, 15) is 5.11 Å². The van der Waals surface area contributed by atoms with Crippen molar-refractivity contribution in [1.82, 2.24) is 5.32 Å². The predicted molar refractivity (Wildman–Crippen MR) is 115 cm³/mol. The number of piperidine rings is 1. The van der Waals surface area contributed by atoms with Crippen LogP contribution in [0.2, 0.25) is 0 Å². The highest BCUT2D eigenvalue weighted by atomic mass is 16.5. The van der Waals surface area contributed by atoms with E-state index in [0.717, 1.165) is 54.9 Å². The third-order valence-corrected chi connectivity index (χ3v) is 10.9. The van der Waals surface area contributed by atoms with Crippen LogP contribution in [0.3, 0.4) is 0 Å². The minimum absolute atomic E-state index is 0.0191. The zero-order chi connectivity index (χ0) is 20.0. The average molecular weight is 400 g/mol. The number of rotatable bonds is 0. The first kappa shape index (κ1) is 19.3. The number of aliphatic hydroxyl groups excluding tert-OH is 1. The van der Waals surface area contributed by atoms with E-state index >= 15 is 0 Å². The molecule has 0 bridgehead atoms. The molecule has 3 heteroatoms. The fraction of sp³-hybridized carbons (Fsp3) is 0.923. The highest BCUT2D eigenvalue weighted by Crippen LogP contribution is 2.65. The van der Waals surface area contributed by atoms with Crippen LogP contribution in [0.4, 0.5) is 0 Å². The van der Waals surface area contributed by atoms with Crippen LogP contribution in [0.1, 0.15) is 78.6 Å². The van der Waals surface area contributed by atoms with E-state index in [1.165, 1.54) is 44.9 Å². The Morgan fingerprint density at radius 3 is 2.72 bits per heavy atom. The van der Waals surface area contributed by atoms with Gasteiger partial charge in [0.1, 0.15) is 5.72 Å². The van der Waals surface area contributed by atoms with Gasteiger partial charge in [-0.25, -0.2) is 0 Å². The van der Waals surface area contributed by atoms with E-state index in [4.69, 9.17) is 4.74 Å². The number of hydrogen-bond donors (Lipinski definition) is 2. The molecule has 2 heterocycles. The maximum Gasteiger partial charge on any atom is 0.122 e. The molecular weight excluding hydrogens is 358 g/mol. The van der Waals surface area contributed by atoms with Crippen LogP contribution in [-0.2, 0) is 4.74 Å². The van der Waals surface area contributed by atoms with E-state index in [1.54, 1.807) is 5.57 Å². The molecule has 11 unspecified atom stereocenters. The van der Waals surface area contributed by atoms with Gasteiger partial charge < -0.3 is 9.84 Å². The fourth-order valence-electron chi connectivity index (χ4n) is 9.30. The highest BCUT2D eigenvalue weighted by molar-refractivity contribution is 5.25. The monoisotopic (exact) mass is 399 g/mol. The van der Waals surface area contributed by atoms with Crippen molar-refractivity contribution < 1.29 is 9.84 Å². The summed E-state index contributed by atoms with van der Waals surface area (Å²) in [4.78, 5) is 0. The van der Waals surface area contributed by atoms with Crippen LogP contribution in [0.5, 0.6) is 0 Å². The largest absolute Gasteiger partial charge is 0.393 e. The molecule has 1 spiro atoms. The molecule has 3 nitrogen and oxygen atoms in total. The maximum absolute atomic E-state index is 10.2. The quantitative estimate of drug-likeness (QED) is 0.570. The Bertz CT molecular complexity index is 695. The molecule has 0 aromatic carbocycles. The SMILES string of the molecule is CC1CCC2(NC1)OC1CC3C(CCC4C3CC=C3CC(O)CCC34C)C1C2C. The number of allylic oxidation sites excluding steroid dienone is 1. The van der Waals surface area contributed by atoms with Crippen LogP contribution in [-0.4, -0.2) is 29.6 Å². The summed E-state index contributed by atoms with van der Waals surface area (Å²) in [5, 5.41) is 14.1. The summed E-state index contributed by atoms with van der Waals surface area (Å²) in [6.45, 7) is 8.54. The molecule has 0 aromatic heterocycles. The van der Waals surface area contributed by atoms with E-state index in [2.05, 4.69) is 32.2 Å². The van der Waals surface area contributed by atoms with E-state index in [1.807, 2.05) is 0 Å². The number of fused-ring (bicyclic) bond motifs is 7. The van der Waals surface area contributed by atoms with Crippen molar-refractivity contribution in [2.45, 2.75) is 96.5 Å². The molecule has 0 amide bonds. The molecule has 11 atom stereocenters. The lowest BCUT2D eigenvalue weighted by Crippen LogP contribution is -2.55. The Hall–Kier alpha value is -0.380. The fourth-order valence-corrected chi connectivity index (χ4v) is 9.30. The minimum atomic E-state index is -0.0933. The summed E-state index contributed by atoms with van der Waals surface area (Å²) in [6, 6.07) is 0. The highest BCUT2D eigenvalue weighted by Gasteiger charge is 2.63. The smallest absolute Gasteiger partial charge is 0.122 e. The first-order chi connectivity index (χ1) is 13.9. The topological polar surface area (TPSA) is 41.5 Å². The molecule has 29 heavy (non-hydrogen) atoms. The summed E-state index contributed by atoms with van der Waals surface area (Å²) >= 11 is 0. The van der Waals surface area contributed by atoms with E-state index in [0.29, 0.717) is 17.4 Å². The summed E-state index contributed by atoms with van der Waals surface area (Å²) in [6.07, 6.45) is 14.0. The van der Waals surface area contributed by atoms with Gasteiger partial charge in [0, 0.05) is 12.5 Å². The zero-order valence-electron chi connectivity index (χ0n) is 18.7. The lowest BCUT2D eigenvalue weighted by Gasteiger charge is -2.55. The Kier molecular flexibility index (Phi) is 4.37. The zero-order valence-corrected chi connectivity index (χ0v) is 18.7. The predicted octanol–water partition coefficient (Wildman–Crippen LogP) is 4.90. The molecule has 4 aliphatic carbocycles. The van der Waals surface area contributed by atoms with Crippen molar-refractivity contribution in [3.8, 4) is 0 Å². The lowest BCUT2D eigenvalue weighted by atomic mass is 9.50. The molecule has 2 aliphatic heterocycles. The van der Waals surface area contributed by atoms with Crippen LogP contribution < -0.4 is 5.32 Å². The van der Waals surface area contributed by atoms with Crippen molar-refractivity contribution in [1.29, 1.82) is 0 Å². The third-order valence-electron chi connectivity index (χ3n) is 10.9. The van der Waals surface area contributed by atoms with Crippen LogP contribution in [0.15, 0.2) is 11.6 Å². The van der Waals surface area contributed by atoms with Crippen molar-refractivity contribution in [2.24, 2.45) is 46.8 Å². The summed E-state index contributed by atoms with van der Waals surface area (Å²) in [7, 11) is 0. The van der Waals surface area contributed by atoms with Gasteiger partial charge in [0.05, 0.1) is 12.2 Å². The van der Waals surface area contributed by atoms with Gasteiger partial charge in [-0.15, -0.1) is 0 Å². The number of hydrogen-bond acceptors (Lipinski definition) is 3. The summed E-state index contributed by atoms with van der Waals surface area (Å²) in [5.74, 6) is 5.66. The molecule has 6 rings (SSSR count). The Labute approximate surface area is 177 Å². The summed E-state index contributed by atoms with van der Waals surface area (Å²) in [5.41, 5.74) is 1.94.